The van der Waals surface area contributed by atoms with Gasteiger partial charge in [0.1, 0.15) is 0 Å². The van der Waals surface area contributed by atoms with E-state index in [4.69, 9.17) is 4.74 Å². The maximum atomic E-state index is 5.44. The Balaban J connectivity index is 1.81. The molecule has 0 saturated heterocycles. The van der Waals surface area contributed by atoms with Crippen molar-refractivity contribution in [2.24, 2.45) is 0 Å². The van der Waals surface area contributed by atoms with Gasteiger partial charge in [-0.1, -0.05) is 6.92 Å². The van der Waals surface area contributed by atoms with Crippen LogP contribution in [0, 0.1) is 0 Å². The van der Waals surface area contributed by atoms with E-state index in [1.807, 2.05) is 16.9 Å². The van der Waals surface area contributed by atoms with Crippen LogP contribution in [-0.4, -0.2) is 32.9 Å². The molecule has 0 aromatic carbocycles. The van der Waals surface area contributed by atoms with Gasteiger partial charge in [0, 0.05) is 31.2 Å². The average molecular weight is 247 g/mol. The highest BCUT2D eigenvalue weighted by atomic mass is 16.5. The van der Waals surface area contributed by atoms with Crippen molar-refractivity contribution < 1.29 is 4.74 Å². The van der Waals surface area contributed by atoms with Crippen LogP contribution in [0.3, 0.4) is 0 Å². The lowest BCUT2D eigenvalue weighted by Crippen LogP contribution is -2.12. The topological polar surface area (TPSA) is 64.9 Å². The summed E-state index contributed by atoms with van der Waals surface area (Å²) in [5, 5.41) is 7.25. The Kier molecular flexibility index (Phi) is 4.52. The Morgan fingerprint density at radius 3 is 3.11 bits per heavy atom. The molecule has 0 aliphatic heterocycles. The van der Waals surface area contributed by atoms with Gasteiger partial charge in [0.15, 0.2) is 0 Å². The summed E-state index contributed by atoms with van der Waals surface area (Å²) in [7, 11) is 0. The number of aromatic nitrogens is 4. The standard InChI is InChI=1S/C12H17N5O/c1-2-10-18-11-4-6-13-12(16-11)14-7-9-17-8-3-5-15-17/h3-6,8H,2,7,9-10H2,1H3,(H,13,14,16). The zero-order chi connectivity index (χ0) is 12.6. The number of anilines is 1. The molecule has 0 aliphatic carbocycles. The molecule has 6 nitrogen and oxygen atoms in total. The van der Waals surface area contributed by atoms with E-state index in [1.54, 1.807) is 18.5 Å². The Bertz CT molecular complexity index is 457. The number of rotatable bonds is 7. The lowest BCUT2D eigenvalue weighted by atomic mass is 10.5. The van der Waals surface area contributed by atoms with E-state index in [2.05, 4.69) is 27.3 Å². The highest BCUT2D eigenvalue weighted by Crippen LogP contribution is 2.08. The number of hydrogen-bond donors (Lipinski definition) is 1. The summed E-state index contributed by atoms with van der Waals surface area (Å²) in [5.74, 6) is 1.18. The van der Waals surface area contributed by atoms with Crippen molar-refractivity contribution >= 4 is 5.95 Å². The average Bonchev–Trinajstić information content (AvgIpc) is 2.90. The van der Waals surface area contributed by atoms with Crippen molar-refractivity contribution in [1.29, 1.82) is 0 Å². The molecule has 0 saturated carbocycles. The number of hydrogen-bond acceptors (Lipinski definition) is 5. The van der Waals surface area contributed by atoms with Crippen LogP contribution in [0.5, 0.6) is 5.88 Å². The van der Waals surface area contributed by atoms with E-state index in [0.29, 0.717) is 18.4 Å². The lowest BCUT2D eigenvalue weighted by molar-refractivity contribution is 0.305. The monoisotopic (exact) mass is 247 g/mol. The lowest BCUT2D eigenvalue weighted by Gasteiger charge is -2.07. The largest absolute Gasteiger partial charge is 0.478 e. The second-order valence-electron chi connectivity index (χ2n) is 3.76. The second-order valence-corrected chi connectivity index (χ2v) is 3.76. The zero-order valence-corrected chi connectivity index (χ0v) is 10.4. The first-order valence-electron chi connectivity index (χ1n) is 6.05. The van der Waals surface area contributed by atoms with Crippen LogP contribution in [0.15, 0.2) is 30.7 Å². The second kappa shape index (κ2) is 6.58. The fraction of sp³-hybridized carbons (Fsp3) is 0.417. The van der Waals surface area contributed by atoms with Crippen LogP contribution < -0.4 is 10.1 Å². The number of nitrogens with one attached hydrogen (secondary N) is 1. The molecule has 2 aromatic heterocycles. The van der Waals surface area contributed by atoms with Crippen molar-refractivity contribution in [2.45, 2.75) is 19.9 Å². The van der Waals surface area contributed by atoms with Gasteiger partial charge in [-0.2, -0.15) is 10.1 Å². The fourth-order valence-electron chi connectivity index (χ4n) is 1.43. The molecule has 18 heavy (non-hydrogen) atoms. The fourth-order valence-corrected chi connectivity index (χ4v) is 1.43. The molecule has 0 fully saturated rings. The van der Waals surface area contributed by atoms with E-state index < -0.39 is 0 Å². The maximum absolute atomic E-state index is 5.44. The highest BCUT2D eigenvalue weighted by molar-refractivity contribution is 5.27. The minimum atomic E-state index is 0.579. The van der Waals surface area contributed by atoms with E-state index in [9.17, 15) is 0 Å². The molecule has 2 aromatic rings. The summed E-state index contributed by atoms with van der Waals surface area (Å²) in [6.07, 6.45) is 6.33. The Labute approximate surface area is 106 Å². The van der Waals surface area contributed by atoms with Crippen molar-refractivity contribution in [3.8, 4) is 5.88 Å². The molecule has 2 rings (SSSR count). The maximum Gasteiger partial charge on any atom is 0.226 e. The third-order valence-electron chi connectivity index (χ3n) is 2.27. The van der Waals surface area contributed by atoms with Gasteiger partial charge in [-0.15, -0.1) is 0 Å². The summed E-state index contributed by atoms with van der Waals surface area (Å²) < 4.78 is 7.29. The molecule has 0 atom stereocenters. The third-order valence-corrected chi connectivity index (χ3v) is 2.27. The predicted molar refractivity (Wildman–Crippen MR) is 68.5 cm³/mol. The first kappa shape index (κ1) is 12.3. The van der Waals surface area contributed by atoms with Crippen LogP contribution in [0.25, 0.3) is 0 Å². The van der Waals surface area contributed by atoms with Gasteiger partial charge in [-0.3, -0.25) is 4.68 Å². The van der Waals surface area contributed by atoms with Gasteiger partial charge in [0.05, 0.1) is 13.2 Å². The normalized spacial score (nSPS) is 10.3. The molecule has 0 bridgehead atoms. The Morgan fingerprint density at radius 2 is 2.33 bits per heavy atom. The van der Waals surface area contributed by atoms with E-state index in [-0.39, 0.29) is 0 Å². The summed E-state index contributed by atoms with van der Waals surface area (Å²) in [6.45, 7) is 4.23. The number of nitrogens with zero attached hydrogens (tertiary/aromatic N) is 4. The molecule has 0 spiro atoms. The SMILES string of the molecule is CCCOc1ccnc(NCCn2cccn2)n1. The van der Waals surface area contributed by atoms with Crippen LogP contribution in [0.2, 0.25) is 0 Å². The van der Waals surface area contributed by atoms with Gasteiger partial charge in [0.25, 0.3) is 0 Å². The van der Waals surface area contributed by atoms with E-state index in [0.717, 1.165) is 19.5 Å². The van der Waals surface area contributed by atoms with Crippen LogP contribution in [0.1, 0.15) is 13.3 Å². The van der Waals surface area contributed by atoms with E-state index in [1.165, 1.54) is 0 Å². The van der Waals surface area contributed by atoms with Gasteiger partial charge in [0.2, 0.25) is 11.8 Å². The van der Waals surface area contributed by atoms with Crippen molar-refractivity contribution in [3.05, 3.63) is 30.7 Å². The van der Waals surface area contributed by atoms with Crippen LogP contribution >= 0.6 is 0 Å². The minimum absolute atomic E-state index is 0.579. The molecule has 96 valence electrons. The molecule has 6 heteroatoms. The first-order chi connectivity index (χ1) is 8.88. The Morgan fingerprint density at radius 1 is 1.39 bits per heavy atom. The number of ether oxygens (including phenoxy) is 1. The van der Waals surface area contributed by atoms with Gasteiger partial charge >= 0.3 is 0 Å². The van der Waals surface area contributed by atoms with Gasteiger partial charge in [-0.25, -0.2) is 4.98 Å². The molecular weight excluding hydrogens is 230 g/mol. The van der Waals surface area contributed by atoms with Crippen molar-refractivity contribution in [2.75, 3.05) is 18.5 Å². The molecule has 0 aliphatic rings. The molecule has 0 radical (unpaired) electrons. The highest BCUT2D eigenvalue weighted by Gasteiger charge is 1.99. The van der Waals surface area contributed by atoms with Gasteiger partial charge in [-0.05, 0) is 12.5 Å². The molecule has 0 unspecified atom stereocenters. The minimum Gasteiger partial charge on any atom is -0.478 e. The molecule has 1 N–H and O–H groups in total. The zero-order valence-electron chi connectivity index (χ0n) is 10.4. The summed E-state index contributed by atoms with van der Waals surface area (Å²) >= 11 is 0. The molecule has 2 heterocycles. The van der Waals surface area contributed by atoms with Crippen LogP contribution in [0.4, 0.5) is 5.95 Å². The quantitative estimate of drug-likeness (QED) is 0.804. The predicted octanol–water partition coefficient (Wildman–Crippen LogP) is 1.57. The smallest absolute Gasteiger partial charge is 0.226 e. The van der Waals surface area contributed by atoms with Crippen molar-refractivity contribution in [1.82, 2.24) is 19.7 Å². The first-order valence-corrected chi connectivity index (χ1v) is 6.05. The summed E-state index contributed by atoms with van der Waals surface area (Å²) in [5.41, 5.74) is 0. The third kappa shape index (κ3) is 3.73. The summed E-state index contributed by atoms with van der Waals surface area (Å²) in [6, 6.07) is 3.66. The Hall–Kier alpha value is -2.11. The molecular formula is C12H17N5O. The van der Waals surface area contributed by atoms with Crippen LogP contribution in [-0.2, 0) is 6.54 Å². The summed E-state index contributed by atoms with van der Waals surface area (Å²) in [4.78, 5) is 8.39. The molecule has 0 amide bonds. The van der Waals surface area contributed by atoms with Gasteiger partial charge < -0.3 is 10.1 Å². The van der Waals surface area contributed by atoms with E-state index >= 15 is 0 Å². The van der Waals surface area contributed by atoms with Crippen molar-refractivity contribution in [3.63, 3.8) is 0 Å².